The third-order valence-corrected chi connectivity index (χ3v) is 2.13. The summed E-state index contributed by atoms with van der Waals surface area (Å²) in [4.78, 5) is 0. The molecule has 0 amide bonds. The summed E-state index contributed by atoms with van der Waals surface area (Å²) in [7, 11) is 0. The number of rotatable bonds is 5. The highest BCUT2D eigenvalue weighted by Crippen LogP contribution is 2.03. The number of allylic oxidation sites excluding steroid dienone is 9. The van der Waals surface area contributed by atoms with Crippen molar-refractivity contribution >= 4 is 0 Å². The molecule has 0 spiro atoms. The molecule has 0 radical (unpaired) electrons. The minimum Gasteiger partial charge on any atom is -0.0990 e. The van der Waals surface area contributed by atoms with Crippen molar-refractivity contribution in [1.29, 1.82) is 0 Å². The molecule has 0 heterocycles. The van der Waals surface area contributed by atoms with Crippen LogP contribution in [0, 0.1) is 11.8 Å². The van der Waals surface area contributed by atoms with Crippen molar-refractivity contribution in [3.05, 3.63) is 72.9 Å². The van der Waals surface area contributed by atoms with Crippen LogP contribution in [0.1, 0.15) is 20.3 Å². The molecule has 0 saturated carbocycles. The van der Waals surface area contributed by atoms with Gasteiger partial charge >= 0.3 is 0 Å². The fourth-order valence-electron chi connectivity index (χ4n) is 0.968. The van der Waals surface area contributed by atoms with Gasteiger partial charge in [-0.1, -0.05) is 68.4 Å². The molecule has 0 fully saturated rings. The highest BCUT2D eigenvalue weighted by molar-refractivity contribution is 5.48. The van der Waals surface area contributed by atoms with Gasteiger partial charge in [-0.3, -0.25) is 0 Å². The van der Waals surface area contributed by atoms with Crippen LogP contribution < -0.4 is 0 Å². The Balaban J connectivity index is 4.85. The third-order valence-electron chi connectivity index (χ3n) is 2.13. The molecule has 0 rings (SSSR count). The average Bonchev–Trinajstić information content (AvgIpc) is 2.36. The molecule has 0 N–H and O–H groups in total. The van der Waals surface area contributed by atoms with E-state index in [-0.39, 0.29) is 0 Å². The predicted octanol–water partition coefficient (Wildman–Crippen LogP) is 4.76. The van der Waals surface area contributed by atoms with Gasteiger partial charge in [-0.15, -0.1) is 0 Å². The zero-order valence-electron chi connectivity index (χ0n) is 10.8. The summed E-state index contributed by atoms with van der Waals surface area (Å²) in [6.07, 6.45) is 12.2. The van der Waals surface area contributed by atoms with Gasteiger partial charge in [0.2, 0.25) is 0 Å². The molecular weight excluding hydrogens is 204 g/mol. The summed E-state index contributed by atoms with van der Waals surface area (Å²) in [5.41, 5.74) is 2.93. The maximum absolute atomic E-state index is 3.92. The molecular formula is C17H20. The quantitative estimate of drug-likeness (QED) is 0.466. The first kappa shape index (κ1) is 15.0. The lowest BCUT2D eigenvalue weighted by Crippen LogP contribution is -1.76. The third kappa shape index (κ3) is 6.98. The number of hydrogen-bond acceptors (Lipinski definition) is 0. The maximum Gasteiger partial charge on any atom is 0.0242 e. The van der Waals surface area contributed by atoms with Crippen molar-refractivity contribution in [2.75, 3.05) is 0 Å². The molecule has 88 valence electrons. The summed E-state index contributed by atoms with van der Waals surface area (Å²) in [6, 6.07) is 0. The first-order chi connectivity index (χ1) is 8.17. The fourth-order valence-corrected chi connectivity index (χ4v) is 0.968. The van der Waals surface area contributed by atoms with Gasteiger partial charge in [-0.05, 0) is 25.5 Å². The lowest BCUT2D eigenvalue weighted by Gasteiger charge is -1.92. The zero-order valence-corrected chi connectivity index (χ0v) is 10.8. The van der Waals surface area contributed by atoms with Crippen molar-refractivity contribution in [3.8, 4) is 11.8 Å². The Bertz CT molecular complexity index is 428. The van der Waals surface area contributed by atoms with Crippen LogP contribution in [0.5, 0.6) is 0 Å². The second-order valence-corrected chi connectivity index (χ2v) is 3.40. The monoisotopic (exact) mass is 224 g/mol. The Hall–Kier alpha value is -2.00. The Kier molecular flexibility index (Phi) is 8.15. The molecule has 0 aromatic heterocycles. The van der Waals surface area contributed by atoms with E-state index in [1.807, 2.05) is 31.2 Å². The van der Waals surface area contributed by atoms with E-state index in [1.165, 1.54) is 0 Å². The van der Waals surface area contributed by atoms with E-state index in [0.717, 1.165) is 23.1 Å². The van der Waals surface area contributed by atoms with E-state index >= 15 is 0 Å². The van der Waals surface area contributed by atoms with Crippen LogP contribution in [0.3, 0.4) is 0 Å². The van der Waals surface area contributed by atoms with E-state index in [0.29, 0.717) is 0 Å². The molecule has 0 unspecified atom stereocenters. The van der Waals surface area contributed by atoms with Crippen molar-refractivity contribution in [2.24, 2.45) is 0 Å². The van der Waals surface area contributed by atoms with Gasteiger partial charge in [-0.2, -0.15) is 0 Å². The lowest BCUT2D eigenvalue weighted by molar-refractivity contribution is 1.16. The normalized spacial score (nSPS) is 11.9. The van der Waals surface area contributed by atoms with E-state index in [1.54, 1.807) is 12.2 Å². The largest absolute Gasteiger partial charge is 0.0990 e. The Labute approximate surface area is 105 Å². The molecule has 17 heavy (non-hydrogen) atoms. The second kappa shape index (κ2) is 9.24. The van der Waals surface area contributed by atoms with Gasteiger partial charge in [0, 0.05) is 11.1 Å². The minimum atomic E-state index is 0.863. The SMILES string of the molecule is C=CC=C(C#CC(C=CC(=C)CC)=CC)C=C. The van der Waals surface area contributed by atoms with E-state index < -0.39 is 0 Å². The Morgan fingerprint density at radius 2 is 1.76 bits per heavy atom. The van der Waals surface area contributed by atoms with Crippen LogP contribution in [0.15, 0.2) is 72.9 Å². The zero-order chi connectivity index (χ0) is 13.1. The molecule has 0 aliphatic carbocycles. The lowest BCUT2D eigenvalue weighted by atomic mass is 10.1. The molecule has 0 heteroatoms. The maximum atomic E-state index is 3.92. The van der Waals surface area contributed by atoms with E-state index in [9.17, 15) is 0 Å². The molecule has 0 nitrogen and oxygen atoms in total. The fraction of sp³-hybridized carbons (Fsp3) is 0.176. The van der Waals surface area contributed by atoms with Crippen molar-refractivity contribution < 1.29 is 0 Å². The van der Waals surface area contributed by atoms with Gasteiger partial charge in [0.1, 0.15) is 0 Å². The van der Waals surface area contributed by atoms with Crippen LogP contribution in [-0.2, 0) is 0 Å². The molecule has 0 atom stereocenters. The minimum absolute atomic E-state index is 0.863. The summed E-state index contributed by atoms with van der Waals surface area (Å²) < 4.78 is 0. The molecule has 0 saturated heterocycles. The number of hydrogen-bond donors (Lipinski definition) is 0. The Morgan fingerprint density at radius 1 is 1.12 bits per heavy atom. The average molecular weight is 224 g/mol. The van der Waals surface area contributed by atoms with Gasteiger partial charge < -0.3 is 0 Å². The highest BCUT2D eigenvalue weighted by Gasteiger charge is 1.86. The topological polar surface area (TPSA) is 0 Å². The summed E-state index contributed by atoms with van der Waals surface area (Å²) in [5.74, 6) is 6.12. The van der Waals surface area contributed by atoms with Crippen LogP contribution in [0.25, 0.3) is 0 Å². The standard InChI is InChI=1S/C17H20/c1-6-10-16(8-3)13-14-17(9-4)12-11-15(5)7-2/h6,8-12H,1,3,5,7H2,2,4H3. The van der Waals surface area contributed by atoms with Crippen molar-refractivity contribution in [3.63, 3.8) is 0 Å². The van der Waals surface area contributed by atoms with Crippen LogP contribution in [0.2, 0.25) is 0 Å². The van der Waals surface area contributed by atoms with Gasteiger partial charge in [0.25, 0.3) is 0 Å². The van der Waals surface area contributed by atoms with Crippen LogP contribution >= 0.6 is 0 Å². The molecule has 0 aliphatic rings. The summed E-state index contributed by atoms with van der Waals surface area (Å²) >= 11 is 0. The van der Waals surface area contributed by atoms with Crippen LogP contribution in [-0.4, -0.2) is 0 Å². The second-order valence-electron chi connectivity index (χ2n) is 3.40. The van der Waals surface area contributed by atoms with Gasteiger partial charge in [-0.25, -0.2) is 0 Å². The van der Waals surface area contributed by atoms with Gasteiger partial charge in [0.15, 0.2) is 0 Å². The van der Waals surface area contributed by atoms with Gasteiger partial charge in [0.05, 0.1) is 0 Å². The first-order valence-corrected chi connectivity index (χ1v) is 5.67. The molecule has 0 aromatic carbocycles. The molecule has 0 aromatic rings. The summed E-state index contributed by atoms with van der Waals surface area (Å²) in [5, 5.41) is 0. The highest BCUT2D eigenvalue weighted by atomic mass is 13.9. The predicted molar refractivity (Wildman–Crippen MR) is 78.6 cm³/mol. The first-order valence-electron chi connectivity index (χ1n) is 5.67. The Morgan fingerprint density at radius 3 is 2.24 bits per heavy atom. The van der Waals surface area contributed by atoms with E-state index in [2.05, 4.69) is 38.5 Å². The van der Waals surface area contributed by atoms with Crippen molar-refractivity contribution in [2.45, 2.75) is 20.3 Å². The smallest absolute Gasteiger partial charge is 0.0242 e. The van der Waals surface area contributed by atoms with E-state index in [4.69, 9.17) is 0 Å². The molecule has 0 bridgehead atoms. The summed E-state index contributed by atoms with van der Waals surface area (Å²) in [6.45, 7) is 15.3. The van der Waals surface area contributed by atoms with Crippen molar-refractivity contribution in [1.82, 2.24) is 0 Å². The molecule has 0 aliphatic heterocycles. The van der Waals surface area contributed by atoms with Crippen LogP contribution in [0.4, 0.5) is 0 Å².